The first-order valence-electron chi connectivity index (χ1n) is 6.41. The lowest BCUT2D eigenvalue weighted by Gasteiger charge is -2.20. The van der Waals surface area contributed by atoms with Gasteiger partial charge < -0.3 is 10.2 Å². The van der Waals surface area contributed by atoms with Gasteiger partial charge in [0.15, 0.2) is 0 Å². The zero-order valence-electron chi connectivity index (χ0n) is 11.6. The van der Waals surface area contributed by atoms with E-state index in [9.17, 15) is 13.2 Å². The average Bonchev–Trinajstić information content (AvgIpc) is 2.82. The molecule has 0 saturated carbocycles. The third-order valence-electron chi connectivity index (χ3n) is 3.00. The molecule has 0 unspecified atom stereocenters. The summed E-state index contributed by atoms with van der Waals surface area (Å²) in [5, 5.41) is 2.75. The highest BCUT2D eigenvalue weighted by Gasteiger charge is 2.33. The molecular weight excluding hydrogens is 253 g/mol. The molecule has 0 spiro atoms. The third-order valence-corrected chi connectivity index (χ3v) is 3.00. The minimum absolute atomic E-state index is 0.287. The van der Waals surface area contributed by atoms with E-state index in [1.54, 1.807) is 12.1 Å². The van der Waals surface area contributed by atoms with Gasteiger partial charge in [0.2, 0.25) is 0 Å². The number of hydrogen-bond acceptors (Lipinski definition) is 2. The van der Waals surface area contributed by atoms with Gasteiger partial charge in [0.05, 0.1) is 5.56 Å². The van der Waals surface area contributed by atoms with Crippen LogP contribution in [-0.2, 0) is 6.18 Å². The van der Waals surface area contributed by atoms with Gasteiger partial charge in [0.25, 0.3) is 0 Å². The molecular formula is C14H21F3N2. The van der Waals surface area contributed by atoms with Crippen molar-refractivity contribution in [3.8, 4) is 0 Å². The van der Waals surface area contributed by atoms with Gasteiger partial charge in [-0.15, -0.1) is 0 Å². The molecule has 0 aromatic heterocycles. The minimum Gasteiger partial charge on any atom is -0.372 e. The Kier molecular flexibility index (Phi) is 5.66. The fraction of sp³-hybridized carbons (Fsp3) is 0.571. The first kappa shape index (κ1) is 15.8. The second kappa shape index (κ2) is 6.80. The number of halogens is 3. The third kappa shape index (κ3) is 4.42. The lowest BCUT2D eigenvalue weighted by molar-refractivity contribution is -0.138. The summed E-state index contributed by atoms with van der Waals surface area (Å²) in [6.07, 6.45) is -2.12. The molecule has 1 aromatic carbocycles. The second-order valence-corrected chi connectivity index (χ2v) is 4.69. The van der Waals surface area contributed by atoms with Crippen molar-refractivity contribution in [2.45, 2.75) is 25.9 Å². The first-order chi connectivity index (χ1) is 8.90. The van der Waals surface area contributed by atoms with Crippen molar-refractivity contribution < 1.29 is 13.2 Å². The van der Waals surface area contributed by atoms with Crippen molar-refractivity contribution >= 4 is 5.69 Å². The largest absolute Gasteiger partial charge is 0.416 e. The molecule has 0 amide bonds. The molecule has 1 aromatic rings. The van der Waals surface area contributed by atoms with E-state index in [-0.39, 0.29) is 5.56 Å². The van der Waals surface area contributed by atoms with Crippen molar-refractivity contribution in [1.82, 2.24) is 5.32 Å². The van der Waals surface area contributed by atoms with Crippen LogP contribution < -0.4 is 10.2 Å². The standard InChI is InChI=1S/C12H14F3N.C2H7N/c1-9-4-5-10(16-6-2-3-7-16)8-11(9)12(13,14)15;1-3-2/h4-5,8H,2-3,6-7H2,1H3;3H,1-2H3. The fourth-order valence-electron chi connectivity index (χ4n) is 2.09. The smallest absolute Gasteiger partial charge is 0.372 e. The highest BCUT2D eigenvalue weighted by atomic mass is 19.4. The van der Waals surface area contributed by atoms with Gasteiger partial charge >= 0.3 is 6.18 Å². The van der Waals surface area contributed by atoms with Crippen molar-refractivity contribution in [3.63, 3.8) is 0 Å². The van der Waals surface area contributed by atoms with Crippen LogP contribution in [0.5, 0.6) is 0 Å². The summed E-state index contributed by atoms with van der Waals surface area (Å²) in [7, 11) is 3.75. The van der Waals surface area contributed by atoms with E-state index in [0.717, 1.165) is 25.9 Å². The summed E-state index contributed by atoms with van der Waals surface area (Å²) < 4.78 is 38.1. The Morgan fingerprint density at radius 3 is 2.11 bits per heavy atom. The van der Waals surface area contributed by atoms with Crippen LogP contribution in [-0.4, -0.2) is 27.2 Å². The summed E-state index contributed by atoms with van der Waals surface area (Å²) in [6.45, 7) is 3.22. The van der Waals surface area contributed by atoms with Crippen LogP contribution in [0.4, 0.5) is 18.9 Å². The Labute approximate surface area is 112 Å². The quantitative estimate of drug-likeness (QED) is 0.844. The van der Waals surface area contributed by atoms with E-state index >= 15 is 0 Å². The minimum atomic E-state index is -4.25. The van der Waals surface area contributed by atoms with E-state index in [1.807, 2.05) is 19.0 Å². The maximum Gasteiger partial charge on any atom is 0.416 e. The molecule has 1 saturated heterocycles. The van der Waals surface area contributed by atoms with Gasteiger partial charge in [-0.1, -0.05) is 6.07 Å². The zero-order valence-corrected chi connectivity index (χ0v) is 11.6. The van der Waals surface area contributed by atoms with Crippen LogP contribution in [0, 0.1) is 6.92 Å². The number of rotatable bonds is 1. The number of anilines is 1. The molecule has 2 rings (SSSR count). The summed E-state index contributed by atoms with van der Waals surface area (Å²) >= 11 is 0. The number of benzene rings is 1. The van der Waals surface area contributed by atoms with E-state index in [0.29, 0.717) is 5.69 Å². The lowest BCUT2D eigenvalue weighted by atomic mass is 10.1. The van der Waals surface area contributed by atoms with Crippen LogP contribution in [0.1, 0.15) is 24.0 Å². The van der Waals surface area contributed by atoms with E-state index in [1.165, 1.54) is 13.0 Å². The van der Waals surface area contributed by atoms with Crippen LogP contribution in [0.3, 0.4) is 0 Å². The second-order valence-electron chi connectivity index (χ2n) is 4.69. The predicted molar refractivity (Wildman–Crippen MR) is 72.6 cm³/mol. The Bertz CT molecular complexity index is 396. The van der Waals surface area contributed by atoms with Crippen LogP contribution in [0.25, 0.3) is 0 Å². The average molecular weight is 274 g/mol. The van der Waals surface area contributed by atoms with Gasteiger partial charge in [-0.25, -0.2) is 0 Å². The highest BCUT2D eigenvalue weighted by molar-refractivity contribution is 5.52. The monoisotopic (exact) mass is 274 g/mol. The molecule has 1 aliphatic heterocycles. The number of nitrogens with one attached hydrogen (secondary N) is 1. The van der Waals surface area contributed by atoms with Crippen molar-refractivity contribution in [2.24, 2.45) is 0 Å². The number of aryl methyl sites for hydroxylation is 1. The Hall–Kier alpha value is -1.23. The normalized spacial score (nSPS) is 15.2. The molecule has 1 fully saturated rings. The number of nitrogens with zero attached hydrogens (tertiary/aromatic N) is 1. The van der Waals surface area contributed by atoms with Gasteiger partial charge in [0.1, 0.15) is 0 Å². The van der Waals surface area contributed by atoms with Crippen molar-refractivity contribution in [1.29, 1.82) is 0 Å². The summed E-state index contributed by atoms with van der Waals surface area (Å²) in [4.78, 5) is 2.01. The highest BCUT2D eigenvalue weighted by Crippen LogP contribution is 2.34. The van der Waals surface area contributed by atoms with Crippen molar-refractivity contribution in [3.05, 3.63) is 29.3 Å². The first-order valence-corrected chi connectivity index (χ1v) is 6.41. The van der Waals surface area contributed by atoms with Gasteiger partial charge in [-0.2, -0.15) is 13.2 Å². The van der Waals surface area contributed by atoms with Crippen LogP contribution in [0.15, 0.2) is 18.2 Å². The van der Waals surface area contributed by atoms with E-state index < -0.39 is 11.7 Å². The maximum absolute atomic E-state index is 12.7. The van der Waals surface area contributed by atoms with Crippen LogP contribution in [0.2, 0.25) is 0 Å². The fourth-order valence-corrected chi connectivity index (χ4v) is 2.09. The summed E-state index contributed by atoms with van der Waals surface area (Å²) in [6, 6.07) is 4.59. The molecule has 1 aliphatic rings. The van der Waals surface area contributed by atoms with Crippen molar-refractivity contribution in [2.75, 3.05) is 32.1 Å². The zero-order chi connectivity index (χ0) is 14.5. The van der Waals surface area contributed by atoms with Gasteiger partial charge in [0, 0.05) is 18.8 Å². The number of hydrogen-bond donors (Lipinski definition) is 1. The topological polar surface area (TPSA) is 15.3 Å². The predicted octanol–water partition coefficient (Wildman–Crippen LogP) is 3.45. The Balaban J connectivity index is 0.000000550. The summed E-state index contributed by atoms with van der Waals surface area (Å²) in [5.74, 6) is 0. The molecule has 0 bridgehead atoms. The number of alkyl halides is 3. The van der Waals surface area contributed by atoms with E-state index in [4.69, 9.17) is 0 Å². The van der Waals surface area contributed by atoms with Gasteiger partial charge in [-0.3, -0.25) is 0 Å². The molecule has 1 heterocycles. The molecule has 1 N–H and O–H groups in total. The Morgan fingerprint density at radius 1 is 1.11 bits per heavy atom. The molecule has 19 heavy (non-hydrogen) atoms. The lowest BCUT2D eigenvalue weighted by Crippen LogP contribution is -2.18. The summed E-state index contributed by atoms with van der Waals surface area (Å²) in [5.41, 5.74) is 0.461. The molecule has 5 heteroatoms. The molecule has 2 nitrogen and oxygen atoms in total. The molecule has 0 radical (unpaired) electrons. The molecule has 108 valence electrons. The SMILES string of the molecule is CNC.Cc1ccc(N2CCCC2)cc1C(F)(F)F. The van der Waals surface area contributed by atoms with E-state index in [2.05, 4.69) is 5.32 Å². The Morgan fingerprint density at radius 2 is 1.63 bits per heavy atom. The van der Waals surface area contributed by atoms with Gasteiger partial charge in [-0.05, 0) is 51.6 Å². The molecule has 0 atom stereocenters. The maximum atomic E-state index is 12.7. The van der Waals surface area contributed by atoms with Crippen LogP contribution >= 0.6 is 0 Å². The molecule has 0 aliphatic carbocycles.